The van der Waals surface area contributed by atoms with Crippen LogP contribution in [0, 0.1) is 0 Å². The van der Waals surface area contributed by atoms with E-state index in [-0.39, 0.29) is 12.5 Å². The lowest BCUT2D eigenvalue weighted by atomic mass is 10.0. The molecule has 154 valence electrons. The average molecular weight is 398 g/mol. The van der Waals surface area contributed by atoms with Gasteiger partial charge in [0.2, 0.25) is 0 Å². The molecule has 0 saturated heterocycles. The molecule has 0 spiro atoms. The predicted molar refractivity (Wildman–Crippen MR) is 110 cm³/mol. The van der Waals surface area contributed by atoms with Gasteiger partial charge in [-0.1, -0.05) is 26.0 Å². The van der Waals surface area contributed by atoms with Crippen molar-refractivity contribution in [3.05, 3.63) is 59.7 Å². The number of ether oxygens (including phenoxy) is 2. The van der Waals surface area contributed by atoms with Crippen molar-refractivity contribution >= 4 is 23.5 Å². The van der Waals surface area contributed by atoms with E-state index in [1.165, 1.54) is 10.5 Å². The number of rotatable bonds is 8. The van der Waals surface area contributed by atoms with Gasteiger partial charge in [-0.05, 0) is 47.9 Å². The van der Waals surface area contributed by atoms with Gasteiger partial charge in [0, 0.05) is 25.3 Å². The largest absolute Gasteiger partial charge is 0.482 e. The number of nitrogens with one attached hydrogen (secondary N) is 1. The second-order valence-electron chi connectivity index (χ2n) is 7.00. The average Bonchev–Trinajstić information content (AvgIpc) is 2.71. The Morgan fingerprint density at radius 3 is 2.10 bits per heavy atom. The Kier molecular flexibility index (Phi) is 7.77. The molecular formula is C22H26N2O5. The molecule has 2 aromatic rings. The Hall–Kier alpha value is -3.35. The minimum absolute atomic E-state index is 0.129. The number of benzene rings is 2. The Bertz CT molecular complexity index is 843. The van der Waals surface area contributed by atoms with Crippen molar-refractivity contribution in [1.82, 2.24) is 4.90 Å². The smallest absolute Gasteiger partial charge is 0.344 e. The first-order chi connectivity index (χ1) is 13.8. The third-order valence-corrected chi connectivity index (χ3v) is 4.09. The summed E-state index contributed by atoms with van der Waals surface area (Å²) in [7, 11) is 3.33. The van der Waals surface area contributed by atoms with Gasteiger partial charge in [-0.2, -0.15) is 0 Å². The summed E-state index contributed by atoms with van der Waals surface area (Å²) in [4.78, 5) is 37.0. The fraction of sp³-hybridized carbons (Fsp3) is 0.318. The van der Waals surface area contributed by atoms with E-state index in [9.17, 15) is 14.4 Å². The first-order valence-corrected chi connectivity index (χ1v) is 9.26. The highest BCUT2D eigenvalue weighted by Gasteiger charge is 2.11. The third kappa shape index (κ3) is 6.95. The van der Waals surface area contributed by atoms with Crippen LogP contribution in [-0.4, -0.2) is 50.0 Å². The van der Waals surface area contributed by atoms with Crippen molar-refractivity contribution in [1.29, 1.82) is 0 Å². The van der Waals surface area contributed by atoms with Crippen molar-refractivity contribution in [2.75, 3.05) is 32.6 Å². The van der Waals surface area contributed by atoms with Gasteiger partial charge in [0.1, 0.15) is 5.75 Å². The van der Waals surface area contributed by atoms with Crippen molar-refractivity contribution in [3.63, 3.8) is 0 Å². The summed E-state index contributed by atoms with van der Waals surface area (Å²) >= 11 is 0. The standard InChI is InChI=1S/C22H26N2O5/c1-15(2)16-7-11-19(12-8-16)28-14-21(26)29-13-20(25)23-18-9-5-17(6-10-18)22(27)24(3)4/h5-12,15H,13-14H2,1-4H3,(H,23,25). The second kappa shape index (κ2) is 10.3. The molecule has 0 saturated carbocycles. The van der Waals surface area contributed by atoms with E-state index in [4.69, 9.17) is 9.47 Å². The van der Waals surface area contributed by atoms with Crippen LogP contribution in [0.15, 0.2) is 48.5 Å². The normalized spacial score (nSPS) is 10.4. The molecule has 29 heavy (non-hydrogen) atoms. The lowest BCUT2D eigenvalue weighted by Crippen LogP contribution is -2.24. The molecular weight excluding hydrogens is 372 g/mol. The lowest BCUT2D eigenvalue weighted by molar-refractivity contribution is -0.149. The Labute approximate surface area is 170 Å². The van der Waals surface area contributed by atoms with E-state index in [1.807, 2.05) is 12.1 Å². The monoisotopic (exact) mass is 398 g/mol. The first kappa shape index (κ1) is 21.9. The molecule has 2 rings (SSSR count). The van der Waals surface area contributed by atoms with E-state index in [2.05, 4.69) is 19.2 Å². The van der Waals surface area contributed by atoms with E-state index >= 15 is 0 Å². The van der Waals surface area contributed by atoms with Gasteiger partial charge >= 0.3 is 5.97 Å². The highest BCUT2D eigenvalue weighted by atomic mass is 16.6. The molecule has 1 N–H and O–H groups in total. The zero-order valence-corrected chi connectivity index (χ0v) is 17.1. The van der Waals surface area contributed by atoms with Gasteiger partial charge in [-0.25, -0.2) is 4.79 Å². The summed E-state index contributed by atoms with van der Waals surface area (Å²) in [6.07, 6.45) is 0. The SMILES string of the molecule is CC(C)c1ccc(OCC(=O)OCC(=O)Nc2ccc(C(=O)N(C)C)cc2)cc1. The van der Waals surface area contributed by atoms with Gasteiger partial charge < -0.3 is 19.7 Å². The molecule has 7 heteroatoms. The molecule has 0 heterocycles. The van der Waals surface area contributed by atoms with Gasteiger partial charge in [0.15, 0.2) is 13.2 Å². The van der Waals surface area contributed by atoms with Gasteiger partial charge in [-0.15, -0.1) is 0 Å². The number of hydrogen-bond acceptors (Lipinski definition) is 5. The van der Waals surface area contributed by atoms with E-state index in [1.54, 1.807) is 50.5 Å². The van der Waals surface area contributed by atoms with Crippen molar-refractivity contribution < 1.29 is 23.9 Å². The maximum atomic E-state index is 11.9. The van der Waals surface area contributed by atoms with Crippen LogP contribution in [0.4, 0.5) is 5.69 Å². The van der Waals surface area contributed by atoms with Gasteiger partial charge in [-0.3, -0.25) is 9.59 Å². The zero-order valence-electron chi connectivity index (χ0n) is 17.1. The quantitative estimate of drug-likeness (QED) is 0.691. The van der Waals surface area contributed by atoms with Crippen LogP contribution in [0.25, 0.3) is 0 Å². The van der Waals surface area contributed by atoms with Crippen molar-refractivity contribution in [2.45, 2.75) is 19.8 Å². The molecule has 0 unspecified atom stereocenters. The predicted octanol–water partition coefficient (Wildman–Crippen LogP) is 3.07. The first-order valence-electron chi connectivity index (χ1n) is 9.26. The molecule has 0 atom stereocenters. The highest BCUT2D eigenvalue weighted by molar-refractivity contribution is 5.96. The lowest BCUT2D eigenvalue weighted by Gasteiger charge is -2.11. The van der Waals surface area contributed by atoms with Crippen LogP contribution in [0.1, 0.15) is 35.7 Å². The number of esters is 1. The molecule has 0 aromatic heterocycles. The molecule has 0 aliphatic heterocycles. The van der Waals surface area contributed by atoms with Crippen LogP contribution < -0.4 is 10.1 Å². The summed E-state index contributed by atoms with van der Waals surface area (Å²) in [6, 6.07) is 13.9. The fourth-order valence-electron chi connectivity index (χ4n) is 2.43. The van der Waals surface area contributed by atoms with Gasteiger partial charge in [0.25, 0.3) is 11.8 Å². The van der Waals surface area contributed by atoms with E-state index in [0.717, 1.165) is 0 Å². The van der Waals surface area contributed by atoms with Crippen LogP contribution >= 0.6 is 0 Å². The van der Waals surface area contributed by atoms with Gasteiger partial charge in [0.05, 0.1) is 0 Å². The molecule has 0 bridgehead atoms. The maximum Gasteiger partial charge on any atom is 0.344 e. The number of nitrogens with zero attached hydrogens (tertiary/aromatic N) is 1. The van der Waals surface area contributed by atoms with Crippen molar-refractivity contribution in [3.8, 4) is 5.75 Å². The van der Waals surface area contributed by atoms with Crippen molar-refractivity contribution in [2.24, 2.45) is 0 Å². The number of hydrogen-bond donors (Lipinski definition) is 1. The summed E-state index contributed by atoms with van der Waals surface area (Å²) in [6.45, 7) is 3.48. The minimum Gasteiger partial charge on any atom is -0.482 e. The molecule has 2 aromatic carbocycles. The van der Waals surface area contributed by atoms with Crippen LogP contribution in [-0.2, 0) is 14.3 Å². The number of anilines is 1. The summed E-state index contributed by atoms with van der Waals surface area (Å²) < 4.78 is 10.3. The Morgan fingerprint density at radius 1 is 0.931 bits per heavy atom. The van der Waals surface area contributed by atoms with Crippen LogP contribution in [0.3, 0.4) is 0 Å². The molecule has 0 radical (unpaired) electrons. The van der Waals surface area contributed by atoms with E-state index < -0.39 is 18.5 Å². The molecule has 7 nitrogen and oxygen atoms in total. The summed E-state index contributed by atoms with van der Waals surface area (Å²) in [5.41, 5.74) is 2.19. The zero-order chi connectivity index (χ0) is 21.4. The maximum absolute atomic E-state index is 11.9. The fourth-order valence-corrected chi connectivity index (χ4v) is 2.43. The summed E-state index contributed by atoms with van der Waals surface area (Å²) in [5, 5.41) is 2.60. The van der Waals surface area contributed by atoms with Crippen LogP contribution in [0.2, 0.25) is 0 Å². The Balaban J connectivity index is 1.74. The van der Waals surface area contributed by atoms with E-state index in [0.29, 0.717) is 22.9 Å². The number of amides is 2. The molecule has 0 aliphatic carbocycles. The minimum atomic E-state index is -0.639. The molecule has 0 aliphatic rings. The highest BCUT2D eigenvalue weighted by Crippen LogP contribution is 2.18. The van der Waals surface area contributed by atoms with Crippen LogP contribution in [0.5, 0.6) is 5.75 Å². The molecule has 0 fully saturated rings. The Morgan fingerprint density at radius 2 is 1.55 bits per heavy atom. The number of carbonyl (C=O) groups is 3. The summed E-state index contributed by atoms with van der Waals surface area (Å²) in [5.74, 6) is -0.276. The topological polar surface area (TPSA) is 84.9 Å². The third-order valence-electron chi connectivity index (χ3n) is 4.09. The number of carbonyl (C=O) groups excluding carboxylic acids is 3. The molecule has 2 amide bonds. The second-order valence-corrected chi connectivity index (χ2v) is 7.00.